The highest BCUT2D eigenvalue weighted by molar-refractivity contribution is 5.69. The number of allylic oxidation sites excluding steroid dienone is 9. The predicted molar refractivity (Wildman–Crippen MR) is 211 cm³/mol. The van der Waals surface area contributed by atoms with E-state index in [2.05, 4.69) is 49.5 Å². The summed E-state index contributed by atoms with van der Waals surface area (Å²) in [5.74, 6) is -0.648. The molecule has 0 rings (SSSR count). The third kappa shape index (κ3) is 38.4. The fraction of sp³-hybridized carbons (Fsp3) is 0.727. The van der Waals surface area contributed by atoms with Gasteiger partial charge in [-0.3, -0.25) is 9.59 Å². The van der Waals surface area contributed by atoms with E-state index in [-0.39, 0.29) is 31.3 Å². The van der Waals surface area contributed by atoms with Crippen LogP contribution < -0.4 is 0 Å². The standard InChI is InChI=1S/C44H76O6/c1-3-5-6-7-8-9-10-11-12-13-14-15-19-22-25-28-31-34-37-43(47)49-39-42(46)40-50-44(48)38-35-32-29-26-23-20-17-16-18-21-24-27-30-33-36-41(45)4-2/h17-18,20-21,26-27,29-30,33,36,41-42,45-46H,3-16,19,22-25,28,31-32,34-35,37-40H2,1-2H3/b20-17-,21-18-,29-26-,30-27-,36-33+/t41-,42-/m0/s1. The molecule has 0 fully saturated rings. The lowest BCUT2D eigenvalue weighted by molar-refractivity contribution is -0.152. The predicted octanol–water partition coefficient (Wildman–Crippen LogP) is 11.8. The van der Waals surface area contributed by atoms with Gasteiger partial charge in [-0.1, -0.05) is 184 Å². The molecule has 288 valence electrons. The Morgan fingerprint density at radius 3 is 1.36 bits per heavy atom. The molecule has 6 heteroatoms. The molecule has 0 aromatic rings. The van der Waals surface area contributed by atoms with Crippen molar-refractivity contribution >= 4 is 11.9 Å². The second-order valence-electron chi connectivity index (χ2n) is 13.6. The monoisotopic (exact) mass is 701 g/mol. The molecule has 0 aliphatic rings. The highest BCUT2D eigenvalue weighted by Gasteiger charge is 2.12. The Balaban J connectivity index is 3.53. The largest absolute Gasteiger partial charge is 0.463 e. The average molecular weight is 701 g/mol. The van der Waals surface area contributed by atoms with Crippen LogP contribution in [0.5, 0.6) is 0 Å². The second-order valence-corrected chi connectivity index (χ2v) is 13.6. The Labute approximate surface area is 307 Å². The van der Waals surface area contributed by atoms with Gasteiger partial charge in [-0.2, -0.15) is 0 Å². The first-order valence-corrected chi connectivity index (χ1v) is 20.4. The first kappa shape index (κ1) is 47.6. The summed E-state index contributed by atoms with van der Waals surface area (Å²) in [7, 11) is 0. The van der Waals surface area contributed by atoms with Crippen LogP contribution in [0.25, 0.3) is 0 Å². The van der Waals surface area contributed by atoms with Crippen molar-refractivity contribution in [3.63, 3.8) is 0 Å². The number of carbonyl (C=O) groups is 2. The number of hydrogen-bond acceptors (Lipinski definition) is 6. The normalized spacial score (nSPS) is 13.4. The van der Waals surface area contributed by atoms with E-state index in [4.69, 9.17) is 9.47 Å². The van der Waals surface area contributed by atoms with Crippen molar-refractivity contribution in [2.75, 3.05) is 13.2 Å². The molecular formula is C44H76O6. The fourth-order valence-corrected chi connectivity index (χ4v) is 5.43. The smallest absolute Gasteiger partial charge is 0.305 e. The summed E-state index contributed by atoms with van der Waals surface area (Å²) >= 11 is 0. The number of esters is 2. The maximum absolute atomic E-state index is 12.0. The highest BCUT2D eigenvalue weighted by atomic mass is 16.6. The van der Waals surface area contributed by atoms with Crippen LogP contribution in [0.2, 0.25) is 0 Å². The van der Waals surface area contributed by atoms with Crippen molar-refractivity contribution in [3.8, 4) is 0 Å². The SMILES string of the molecule is CCCCCCCCCCCCCCCCCCCCC(=O)OC[C@H](O)COC(=O)CCC/C=C\C/C=C\C/C=C\C/C=C\C=C\[C@@H](O)CC. The van der Waals surface area contributed by atoms with E-state index in [0.717, 1.165) is 51.4 Å². The Bertz CT molecular complexity index is 902. The maximum atomic E-state index is 12.0. The molecule has 0 heterocycles. The number of hydrogen-bond donors (Lipinski definition) is 2. The molecule has 0 unspecified atom stereocenters. The van der Waals surface area contributed by atoms with Crippen LogP contribution >= 0.6 is 0 Å². The number of rotatable bonds is 36. The van der Waals surface area contributed by atoms with E-state index in [1.807, 2.05) is 19.1 Å². The van der Waals surface area contributed by atoms with Crippen molar-refractivity contribution in [2.45, 2.75) is 193 Å². The maximum Gasteiger partial charge on any atom is 0.305 e. The number of unbranched alkanes of at least 4 members (excludes halogenated alkanes) is 18. The third-order valence-corrected chi connectivity index (χ3v) is 8.67. The third-order valence-electron chi connectivity index (χ3n) is 8.67. The molecule has 0 aromatic carbocycles. The molecule has 0 aliphatic heterocycles. The van der Waals surface area contributed by atoms with Crippen LogP contribution in [0.4, 0.5) is 0 Å². The molecule has 2 N–H and O–H groups in total. The van der Waals surface area contributed by atoms with E-state index in [9.17, 15) is 19.8 Å². The van der Waals surface area contributed by atoms with Crippen molar-refractivity contribution < 1.29 is 29.3 Å². The van der Waals surface area contributed by atoms with E-state index in [0.29, 0.717) is 19.3 Å². The molecule has 0 amide bonds. The summed E-state index contributed by atoms with van der Waals surface area (Å²) in [4.78, 5) is 23.9. The van der Waals surface area contributed by atoms with E-state index < -0.39 is 6.10 Å². The van der Waals surface area contributed by atoms with Gasteiger partial charge >= 0.3 is 11.9 Å². The Kier molecular flexibility index (Phi) is 37.4. The minimum atomic E-state index is -0.996. The minimum Gasteiger partial charge on any atom is -0.463 e. The molecule has 0 spiro atoms. The Morgan fingerprint density at radius 1 is 0.500 bits per heavy atom. The minimum absolute atomic E-state index is 0.142. The molecular weight excluding hydrogens is 624 g/mol. The van der Waals surface area contributed by atoms with Crippen LogP contribution in [0, 0.1) is 0 Å². The van der Waals surface area contributed by atoms with Crippen LogP contribution in [0.3, 0.4) is 0 Å². The highest BCUT2D eigenvalue weighted by Crippen LogP contribution is 2.15. The molecule has 0 aliphatic carbocycles. The molecule has 0 saturated carbocycles. The first-order chi connectivity index (χ1) is 24.5. The number of aliphatic hydroxyl groups is 2. The summed E-state index contributed by atoms with van der Waals surface area (Å²) in [5.41, 5.74) is 0. The van der Waals surface area contributed by atoms with Gasteiger partial charge in [-0.05, 0) is 44.9 Å². The van der Waals surface area contributed by atoms with Gasteiger partial charge in [0.15, 0.2) is 0 Å². The summed E-state index contributed by atoms with van der Waals surface area (Å²) in [6, 6.07) is 0. The lowest BCUT2D eigenvalue weighted by atomic mass is 10.0. The zero-order valence-corrected chi connectivity index (χ0v) is 32.3. The van der Waals surface area contributed by atoms with Crippen LogP contribution in [0.15, 0.2) is 60.8 Å². The lowest BCUT2D eigenvalue weighted by Crippen LogP contribution is -2.25. The zero-order valence-electron chi connectivity index (χ0n) is 32.3. The van der Waals surface area contributed by atoms with E-state index in [1.54, 1.807) is 6.08 Å². The van der Waals surface area contributed by atoms with Gasteiger partial charge in [-0.25, -0.2) is 0 Å². The van der Waals surface area contributed by atoms with Gasteiger partial charge in [-0.15, -0.1) is 0 Å². The molecule has 0 radical (unpaired) electrons. The van der Waals surface area contributed by atoms with E-state index >= 15 is 0 Å². The Hall–Kier alpha value is -2.44. The molecule has 50 heavy (non-hydrogen) atoms. The van der Waals surface area contributed by atoms with Gasteiger partial charge in [0.1, 0.15) is 19.3 Å². The molecule has 0 saturated heterocycles. The Morgan fingerprint density at radius 2 is 0.900 bits per heavy atom. The lowest BCUT2D eigenvalue weighted by Gasteiger charge is -2.12. The quantitative estimate of drug-likeness (QED) is 0.0292. The van der Waals surface area contributed by atoms with Crippen molar-refractivity contribution in [1.29, 1.82) is 0 Å². The van der Waals surface area contributed by atoms with Gasteiger partial charge in [0, 0.05) is 12.8 Å². The molecule has 2 atom stereocenters. The summed E-state index contributed by atoms with van der Waals surface area (Å²) < 4.78 is 10.3. The van der Waals surface area contributed by atoms with Gasteiger partial charge in [0.2, 0.25) is 0 Å². The van der Waals surface area contributed by atoms with Crippen LogP contribution in [-0.2, 0) is 19.1 Å². The van der Waals surface area contributed by atoms with Crippen molar-refractivity contribution in [3.05, 3.63) is 60.8 Å². The average Bonchev–Trinajstić information content (AvgIpc) is 3.12. The first-order valence-electron chi connectivity index (χ1n) is 20.4. The molecule has 0 bridgehead atoms. The summed E-state index contributed by atoms with van der Waals surface area (Å²) in [5, 5.41) is 19.4. The topological polar surface area (TPSA) is 93.1 Å². The molecule has 6 nitrogen and oxygen atoms in total. The van der Waals surface area contributed by atoms with Crippen LogP contribution in [-0.4, -0.2) is 47.6 Å². The molecule has 0 aromatic heterocycles. The zero-order chi connectivity index (χ0) is 36.6. The number of aliphatic hydroxyl groups excluding tert-OH is 2. The summed E-state index contributed by atoms with van der Waals surface area (Å²) in [6.45, 7) is 3.93. The van der Waals surface area contributed by atoms with Gasteiger partial charge < -0.3 is 19.7 Å². The van der Waals surface area contributed by atoms with Crippen LogP contribution in [0.1, 0.15) is 181 Å². The van der Waals surface area contributed by atoms with E-state index in [1.165, 1.54) is 96.3 Å². The number of ether oxygens (including phenoxy) is 2. The van der Waals surface area contributed by atoms with Gasteiger partial charge in [0.05, 0.1) is 6.10 Å². The fourth-order valence-electron chi connectivity index (χ4n) is 5.43. The number of carbonyl (C=O) groups excluding carboxylic acids is 2. The van der Waals surface area contributed by atoms with Crippen molar-refractivity contribution in [1.82, 2.24) is 0 Å². The van der Waals surface area contributed by atoms with Crippen molar-refractivity contribution in [2.24, 2.45) is 0 Å². The second kappa shape index (κ2) is 39.3. The summed E-state index contributed by atoms with van der Waals surface area (Å²) in [6.07, 6.45) is 48.0. The van der Waals surface area contributed by atoms with Gasteiger partial charge in [0.25, 0.3) is 0 Å².